The van der Waals surface area contributed by atoms with Gasteiger partial charge in [-0.3, -0.25) is 0 Å². The quantitative estimate of drug-likeness (QED) is 0.612. The number of hydrogen-bond donors (Lipinski definition) is 0. The molecule has 2 heteroatoms. The Hall–Kier alpha value is -0.550. The van der Waals surface area contributed by atoms with Gasteiger partial charge in [-0.2, -0.15) is 0 Å². The van der Waals surface area contributed by atoms with Crippen molar-refractivity contribution >= 4 is 7.14 Å². The summed E-state index contributed by atoms with van der Waals surface area (Å²) in [6, 6.07) is 8.59. The zero-order chi connectivity index (χ0) is 10.7. The second-order valence-corrected chi connectivity index (χ2v) is 8.65. The van der Waals surface area contributed by atoms with Crippen LogP contribution in [-0.4, -0.2) is 12.3 Å². The molecule has 3 unspecified atom stereocenters. The maximum absolute atomic E-state index is 12.6. The largest absolute Gasteiger partial charge is 0.323 e. The van der Waals surface area contributed by atoms with Crippen molar-refractivity contribution in [2.45, 2.75) is 25.4 Å². The van der Waals surface area contributed by atoms with Gasteiger partial charge in [0.15, 0.2) is 0 Å². The molecule has 3 atom stereocenters. The standard InChI is InChI=1S/C13H17OP/c1-10-7-15(14)8-11-5-3-4-6-12(11)13(10,2)9-15/h3-6,10H,7-9H2,1-2H3. The van der Waals surface area contributed by atoms with Crippen molar-refractivity contribution < 1.29 is 4.57 Å². The molecular weight excluding hydrogens is 203 g/mol. The highest BCUT2D eigenvalue weighted by molar-refractivity contribution is 7.63. The van der Waals surface area contributed by atoms with Crippen LogP contribution in [0.4, 0.5) is 0 Å². The minimum Gasteiger partial charge on any atom is -0.323 e. The van der Waals surface area contributed by atoms with Gasteiger partial charge in [0, 0.05) is 23.9 Å². The van der Waals surface area contributed by atoms with Crippen LogP contribution in [0, 0.1) is 5.92 Å². The Morgan fingerprint density at radius 2 is 2.13 bits per heavy atom. The second kappa shape index (κ2) is 2.77. The maximum Gasteiger partial charge on any atom is 0.0931 e. The van der Waals surface area contributed by atoms with Gasteiger partial charge < -0.3 is 4.57 Å². The van der Waals surface area contributed by atoms with Crippen molar-refractivity contribution in [1.29, 1.82) is 0 Å². The number of fused-ring (bicyclic) bond motifs is 4. The molecule has 2 aliphatic heterocycles. The summed E-state index contributed by atoms with van der Waals surface area (Å²) < 4.78 is 12.6. The summed E-state index contributed by atoms with van der Waals surface area (Å²) >= 11 is 0. The van der Waals surface area contributed by atoms with E-state index in [0.29, 0.717) is 5.92 Å². The number of rotatable bonds is 0. The van der Waals surface area contributed by atoms with E-state index in [9.17, 15) is 4.57 Å². The van der Waals surface area contributed by atoms with Crippen molar-refractivity contribution in [2.24, 2.45) is 5.92 Å². The summed E-state index contributed by atoms with van der Waals surface area (Å²) in [6.45, 7) is 4.57. The molecule has 15 heavy (non-hydrogen) atoms. The highest BCUT2D eigenvalue weighted by atomic mass is 31.2. The molecule has 0 spiro atoms. The van der Waals surface area contributed by atoms with E-state index in [1.807, 2.05) is 0 Å². The first kappa shape index (κ1) is 9.66. The summed E-state index contributed by atoms with van der Waals surface area (Å²) in [5, 5.41) is 0. The molecule has 2 heterocycles. The van der Waals surface area contributed by atoms with Gasteiger partial charge in [-0.1, -0.05) is 38.1 Å². The van der Waals surface area contributed by atoms with Gasteiger partial charge in [0.1, 0.15) is 0 Å². The molecule has 0 aliphatic carbocycles. The number of benzene rings is 1. The highest BCUT2D eigenvalue weighted by Gasteiger charge is 2.52. The molecule has 0 saturated carbocycles. The van der Waals surface area contributed by atoms with Gasteiger partial charge in [0.25, 0.3) is 0 Å². The third-order valence-electron chi connectivity index (χ3n) is 4.40. The molecule has 1 aromatic rings. The molecule has 1 saturated heterocycles. The summed E-state index contributed by atoms with van der Waals surface area (Å²) in [7, 11) is -1.87. The van der Waals surface area contributed by atoms with Crippen molar-refractivity contribution in [1.82, 2.24) is 0 Å². The molecule has 80 valence electrons. The van der Waals surface area contributed by atoms with Gasteiger partial charge in [0.05, 0.1) is 7.14 Å². The minimum absolute atomic E-state index is 0.185. The lowest BCUT2D eigenvalue weighted by molar-refractivity contribution is 0.401. The van der Waals surface area contributed by atoms with Crippen molar-refractivity contribution in [2.75, 3.05) is 12.3 Å². The lowest BCUT2D eigenvalue weighted by Gasteiger charge is -2.34. The Bertz CT molecular complexity index is 465. The molecule has 2 bridgehead atoms. The van der Waals surface area contributed by atoms with E-state index in [1.54, 1.807) is 0 Å². The monoisotopic (exact) mass is 220 g/mol. The summed E-state index contributed by atoms with van der Waals surface area (Å²) in [5.41, 5.74) is 2.99. The smallest absolute Gasteiger partial charge is 0.0931 e. The molecule has 2 aliphatic rings. The summed E-state index contributed by atoms with van der Waals surface area (Å²) in [4.78, 5) is 0. The van der Waals surface area contributed by atoms with E-state index in [4.69, 9.17) is 0 Å². The van der Waals surface area contributed by atoms with E-state index in [1.165, 1.54) is 11.1 Å². The van der Waals surface area contributed by atoms with Gasteiger partial charge in [-0.15, -0.1) is 0 Å². The zero-order valence-corrected chi connectivity index (χ0v) is 10.3. The fraction of sp³-hybridized carbons (Fsp3) is 0.538. The minimum atomic E-state index is -1.87. The predicted octanol–water partition coefficient (Wildman–Crippen LogP) is 3.47. The van der Waals surface area contributed by atoms with E-state index in [0.717, 1.165) is 18.5 Å². The Morgan fingerprint density at radius 1 is 1.40 bits per heavy atom. The van der Waals surface area contributed by atoms with Crippen molar-refractivity contribution in [3.8, 4) is 0 Å². The van der Waals surface area contributed by atoms with Crippen molar-refractivity contribution in [3.05, 3.63) is 35.4 Å². The Labute approximate surface area is 91.3 Å². The van der Waals surface area contributed by atoms with Crippen LogP contribution in [0.2, 0.25) is 0 Å². The van der Waals surface area contributed by atoms with Gasteiger partial charge in [-0.05, 0) is 17.0 Å². The normalized spacial score (nSPS) is 42.7. The average Bonchev–Trinajstić information content (AvgIpc) is 2.34. The molecule has 1 nitrogen and oxygen atoms in total. The van der Waals surface area contributed by atoms with Crippen LogP contribution in [0.25, 0.3) is 0 Å². The van der Waals surface area contributed by atoms with Crippen LogP contribution in [0.5, 0.6) is 0 Å². The molecule has 3 rings (SSSR count). The summed E-state index contributed by atoms with van der Waals surface area (Å²) in [5.74, 6) is 0.576. The van der Waals surface area contributed by atoms with Crippen LogP contribution >= 0.6 is 7.14 Å². The molecule has 0 amide bonds. The SMILES string of the molecule is CC1CP2(=O)Cc3ccccc3C1(C)C2. The van der Waals surface area contributed by atoms with Crippen LogP contribution in [0.15, 0.2) is 24.3 Å². The Morgan fingerprint density at radius 3 is 2.93 bits per heavy atom. The number of hydrogen-bond acceptors (Lipinski definition) is 1. The van der Waals surface area contributed by atoms with Crippen LogP contribution in [0.1, 0.15) is 25.0 Å². The first-order valence-electron chi connectivity index (χ1n) is 5.69. The molecule has 0 N–H and O–H groups in total. The third-order valence-corrected chi connectivity index (χ3v) is 7.77. The predicted molar refractivity (Wildman–Crippen MR) is 64.0 cm³/mol. The van der Waals surface area contributed by atoms with Crippen LogP contribution < -0.4 is 0 Å². The second-order valence-electron chi connectivity index (χ2n) is 5.53. The topological polar surface area (TPSA) is 17.1 Å². The zero-order valence-electron chi connectivity index (χ0n) is 9.36. The Balaban J connectivity index is 2.26. The fourth-order valence-corrected chi connectivity index (χ4v) is 7.86. The van der Waals surface area contributed by atoms with Gasteiger partial charge in [-0.25, -0.2) is 0 Å². The average molecular weight is 220 g/mol. The van der Waals surface area contributed by atoms with E-state index in [-0.39, 0.29) is 5.41 Å². The molecular formula is C13H17OP. The van der Waals surface area contributed by atoms with Crippen molar-refractivity contribution in [3.63, 3.8) is 0 Å². The third kappa shape index (κ3) is 1.19. The molecule has 1 fully saturated rings. The summed E-state index contributed by atoms with van der Waals surface area (Å²) in [6.07, 6.45) is 2.75. The van der Waals surface area contributed by atoms with E-state index in [2.05, 4.69) is 38.1 Å². The first-order valence-corrected chi connectivity index (χ1v) is 7.95. The van der Waals surface area contributed by atoms with Gasteiger partial charge >= 0.3 is 0 Å². The fourth-order valence-electron chi connectivity index (χ4n) is 3.52. The molecule has 0 aromatic heterocycles. The van der Waals surface area contributed by atoms with E-state index >= 15 is 0 Å². The molecule has 0 radical (unpaired) electrons. The highest BCUT2D eigenvalue weighted by Crippen LogP contribution is 2.67. The lowest BCUT2D eigenvalue weighted by Crippen LogP contribution is -2.31. The maximum atomic E-state index is 12.6. The van der Waals surface area contributed by atoms with Crippen LogP contribution in [-0.2, 0) is 16.1 Å². The molecule has 1 aromatic carbocycles. The van der Waals surface area contributed by atoms with Crippen LogP contribution in [0.3, 0.4) is 0 Å². The van der Waals surface area contributed by atoms with Gasteiger partial charge in [0.2, 0.25) is 0 Å². The Kier molecular flexibility index (Phi) is 1.78. The first-order chi connectivity index (χ1) is 7.04. The lowest BCUT2D eigenvalue weighted by atomic mass is 9.73. The van der Waals surface area contributed by atoms with E-state index < -0.39 is 7.14 Å².